The number of hydrogen-bond donors (Lipinski definition) is 4. The van der Waals surface area contributed by atoms with Crippen molar-refractivity contribution in [2.45, 2.75) is 37.8 Å². The molecule has 0 radical (unpaired) electrons. The SMILES string of the molecule is Cc1cc(C)c2cc1C(=O)NCCC(C(=O)NCCN1CCOCC1)NC(=O)CCSc1cc-2nc(N)n1. The van der Waals surface area contributed by atoms with Crippen molar-refractivity contribution in [1.82, 2.24) is 30.8 Å². The summed E-state index contributed by atoms with van der Waals surface area (Å²) >= 11 is 1.39. The molecule has 1 aromatic carbocycles. The van der Waals surface area contributed by atoms with E-state index in [1.807, 2.05) is 32.0 Å². The molecule has 12 heteroatoms. The summed E-state index contributed by atoms with van der Waals surface area (Å²) in [5.41, 5.74) is 9.69. The fourth-order valence-electron chi connectivity index (χ4n) is 4.52. The number of morpholine rings is 1. The highest BCUT2D eigenvalue weighted by molar-refractivity contribution is 7.99. The minimum Gasteiger partial charge on any atom is -0.379 e. The average molecular weight is 542 g/mol. The van der Waals surface area contributed by atoms with E-state index in [-0.39, 0.29) is 43.1 Å². The molecule has 11 nitrogen and oxygen atoms in total. The van der Waals surface area contributed by atoms with Crippen LogP contribution in [-0.4, -0.2) is 90.3 Å². The Bertz CT molecular complexity index is 1190. The van der Waals surface area contributed by atoms with Gasteiger partial charge < -0.3 is 26.4 Å². The monoisotopic (exact) mass is 541 g/mol. The van der Waals surface area contributed by atoms with Gasteiger partial charge >= 0.3 is 0 Å². The molecule has 2 aromatic rings. The lowest BCUT2D eigenvalue weighted by Crippen LogP contribution is -2.50. The van der Waals surface area contributed by atoms with E-state index < -0.39 is 6.04 Å². The van der Waals surface area contributed by atoms with Gasteiger partial charge in [0.1, 0.15) is 11.1 Å². The highest BCUT2D eigenvalue weighted by Gasteiger charge is 2.22. The lowest BCUT2D eigenvalue weighted by atomic mass is 9.97. The number of nitrogens with two attached hydrogens (primary N) is 1. The van der Waals surface area contributed by atoms with Crippen molar-refractivity contribution < 1.29 is 19.1 Å². The third kappa shape index (κ3) is 7.42. The van der Waals surface area contributed by atoms with Crippen LogP contribution in [0.25, 0.3) is 11.3 Å². The van der Waals surface area contributed by atoms with Gasteiger partial charge in [-0.3, -0.25) is 19.3 Å². The molecule has 2 aliphatic rings. The van der Waals surface area contributed by atoms with Crippen LogP contribution in [0.5, 0.6) is 0 Å². The summed E-state index contributed by atoms with van der Waals surface area (Å²) in [5, 5.41) is 9.31. The Hall–Kier alpha value is -3.22. The first-order valence-corrected chi connectivity index (χ1v) is 13.8. The molecular weight excluding hydrogens is 506 g/mol. The maximum atomic E-state index is 13.1. The summed E-state index contributed by atoms with van der Waals surface area (Å²) in [6.07, 6.45) is 0.464. The van der Waals surface area contributed by atoms with Gasteiger partial charge in [-0.2, -0.15) is 0 Å². The lowest BCUT2D eigenvalue weighted by molar-refractivity contribution is -0.129. The largest absolute Gasteiger partial charge is 0.379 e. The van der Waals surface area contributed by atoms with E-state index in [9.17, 15) is 14.4 Å². The summed E-state index contributed by atoms with van der Waals surface area (Å²) < 4.78 is 5.36. The maximum Gasteiger partial charge on any atom is 0.251 e. The number of amides is 3. The second-order valence-electron chi connectivity index (χ2n) is 9.44. The molecule has 4 rings (SSSR count). The zero-order valence-electron chi connectivity index (χ0n) is 21.8. The fourth-order valence-corrected chi connectivity index (χ4v) is 5.37. The number of hydrogen-bond acceptors (Lipinski definition) is 9. The molecule has 0 spiro atoms. The molecule has 1 aromatic heterocycles. The average Bonchev–Trinajstić information content (AvgIpc) is 2.87. The molecule has 2 aliphatic heterocycles. The van der Waals surface area contributed by atoms with Crippen LogP contribution in [0.3, 0.4) is 0 Å². The zero-order chi connectivity index (χ0) is 27.1. The van der Waals surface area contributed by atoms with Crippen LogP contribution < -0.4 is 21.7 Å². The minimum absolute atomic E-state index is 0.121. The number of benzene rings is 1. The molecule has 5 N–H and O–H groups in total. The number of aryl methyl sites for hydroxylation is 2. The minimum atomic E-state index is -0.763. The molecule has 4 bridgehead atoms. The summed E-state index contributed by atoms with van der Waals surface area (Å²) in [4.78, 5) is 49.7. The highest BCUT2D eigenvalue weighted by atomic mass is 32.2. The first-order valence-electron chi connectivity index (χ1n) is 12.8. The number of thioether (sulfide) groups is 1. The molecule has 0 aliphatic carbocycles. The van der Waals surface area contributed by atoms with Gasteiger partial charge in [-0.05, 0) is 43.5 Å². The number of carbonyl (C=O) groups excluding carboxylic acids is 3. The van der Waals surface area contributed by atoms with Gasteiger partial charge in [0.2, 0.25) is 17.8 Å². The van der Waals surface area contributed by atoms with Gasteiger partial charge in [-0.15, -0.1) is 11.8 Å². The Morgan fingerprint density at radius 2 is 1.92 bits per heavy atom. The first kappa shape index (κ1) is 27.8. The van der Waals surface area contributed by atoms with Crippen molar-refractivity contribution in [2.24, 2.45) is 0 Å². The molecular formula is C26H35N7O4S. The number of nitrogens with one attached hydrogen (secondary N) is 3. The number of nitrogen functional groups attached to an aromatic ring is 1. The summed E-state index contributed by atoms with van der Waals surface area (Å²) in [7, 11) is 0. The molecule has 1 fully saturated rings. The van der Waals surface area contributed by atoms with Crippen molar-refractivity contribution in [3.63, 3.8) is 0 Å². The van der Waals surface area contributed by atoms with E-state index in [0.717, 1.165) is 29.8 Å². The lowest BCUT2D eigenvalue weighted by Gasteiger charge is -2.27. The van der Waals surface area contributed by atoms with Crippen LogP contribution in [0.4, 0.5) is 5.95 Å². The van der Waals surface area contributed by atoms with Crippen molar-refractivity contribution in [2.75, 3.05) is 57.4 Å². The Balaban J connectivity index is 1.50. The quantitative estimate of drug-likeness (QED) is 0.414. The number of rotatable bonds is 4. The molecule has 1 atom stereocenters. The van der Waals surface area contributed by atoms with E-state index in [4.69, 9.17) is 10.5 Å². The van der Waals surface area contributed by atoms with Crippen LogP contribution >= 0.6 is 11.8 Å². The molecule has 3 amide bonds. The summed E-state index contributed by atoms with van der Waals surface area (Å²) in [5.74, 6) is -0.192. The van der Waals surface area contributed by atoms with Crippen molar-refractivity contribution >= 4 is 35.4 Å². The number of carbonyl (C=O) groups is 3. The van der Waals surface area contributed by atoms with Crippen LogP contribution in [0.2, 0.25) is 0 Å². The van der Waals surface area contributed by atoms with Gasteiger partial charge in [0, 0.05) is 56.0 Å². The van der Waals surface area contributed by atoms with Crippen molar-refractivity contribution in [3.05, 3.63) is 34.9 Å². The summed E-state index contributed by atoms with van der Waals surface area (Å²) in [6, 6.07) is 4.82. The van der Waals surface area contributed by atoms with Crippen molar-refractivity contribution in [3.8, 4) is 11.3 Å². The van der Waals surface area contributed by atoms with Gasteiger partial charge in [0.05, 0.1) is 18.9 Å². The topological polar surface area (TPSA) is 152 Å². The van der Waals surface area contributed by atoms with Gasteiger partial charge in [-0.25, -0.2) is 9.97 Å². The normalized spacial score (nSPS) is 19.4. The second kappa shape index (κ2) is 13.0. The van der Waals surface area contributed by atoms with E-state index >= 15 is 0 Å². The predicted molar refractivity (Wildman–Crippen MR) is 146 cm³/mol. The predicted octanol–water partition coefficient (Wildman–Crippen LogP) is 0.892. The standard InChI is InChI=1S/C26H35N7O4S/c1-16-13-17(2)19-14-18(16)21-15-23(32-26(27)31-21)38-12-4-22(34)30-20(3-5-28-24(19)35)25(36)29-6-7-33-8-10-37-11-9-33/h13-15,20H,3-12H2,1-2H3,(H,28,35)(H,29,36)(H,30,34)(H2,27,31,32). The smallest absolute Gasteiger partial charge is 0.251 e. The number of nitrogens with zero attached hydrogens (tertiary/aromatic N) is 3. The van der Waals surface area contributed by atoms with E-state index in [0.29, 0.717) is 48.3 Å². The molecule has 3 heterocycles. The van der Waals surface area contributed by atoms with Gasteiger partial charge in [-0.1, -0.05) is 6.07 Å². The zero-order valence-corrected chi connectivity index (χ0v) is 22.7. The third-order valence-electron chi connectivity index (χ3n) is 6.59. The van der Waals surface area contributed by atoms with Gasteiger partial charge in [0.15, 0.2) is 0 Å². The van der Waals surface area contributed by atoms with Gasteiger partial charge in [0.25, 0.3) is 5.91 Å². The van der Waals surface area contributed by atoms with Crippen LogP contribution in [0.1, 0.15) is 34.3 Å². The van der Waals surface area contributed by atoms with Crippen LogP contribution in [0.15, 0.2) is 23.2 Å². The Kier molecular flexibility index (Phi) is 9.53. The Labute approximate surface area is 226 Å². The van der Waals surface area contributed by atoms with E-state index in [2.05, 4.69) is 30.8 Å². The first-order chi connectivity index (χ1) is 18.3. The number of fused-ring (bicyclic) bond motifs is 5. The number of ether oxygens (including phenoxy) is 1. The number of aromatic nitrogens is 2. The molecule has 38 heavy (non-hydrogen) atoms. The Morgan fingerprint density at radius 3 is 2.71 bits per heavy atom. The second-order valence-corrected chi connectivity index (χ2v) is 10.6. The summed E-state index contributed by atoms with van der Waals surface area (Å²) in [6.45, 7) is 8.29. The van der Waals surface area contributed by atoms with Crippen LogP contribution in [0, 0.1) is 13.8 Å². The number of anilines is 1. The van der Waals surface area contributed by atoms with E-state index in [1.165, 1.54) is 11.8 Å². The van der Waals surface area contributed by atoms with E-state index in [1.54, 1.807) is 0 Å². The highest BCUT2D eigenvalue weighted by Crippen LogP contribution is 2.29. The van der Waals surface area contributed by atoms with Crippen molar-refractivity contribution in [1.29, 1.82) is 0 Å². The maximum absolute atomic E-state index is 13.1. The third-order valence-corrected chi connectivity index (χ3v) is 7.51. The fraction of sp³-hybridized carbons (Fsp3) is 0.500. The molecule has 0 saturated carbocycles. The Morgan fingerprint density at radius 1 is 1.16 bits per heavy atom. The molecule has 204 valence electrons. The molecule has 1 saturated heterocycles. The molecule has 1 unspecified atom stereocenters. The van der Waals surface area contributed by atoms with Crippen LogP contribution in [-0.2, 0) is 14.3 Å².